The number of carbonyl (C=O) groups is 2. The summed E-state index contributed by atoms with van der Waals surface area (Å²) >= 11 is 0. The molecule has 0 radical (unpaired) electrons. The first-order chi connectivity index (χ1) is 11.7. The van der Waals surface area contributed by atoms with Crippen LogP contribution < -0.4 is 10.6 Å². The molecule has 25 heavy (non-hydrogen) atoms. The largest absolute Gasteiger partial charge is 0.444 e. The minimum absolute atomic E-state index is 0.229. The highest BCUT2D eigenvalue weighted by molar-refractivity contribution is 5.97. The zero-order valence-electron chi connectivity index (χ0n) is 15.3. The molecule has 0 spiro atoms. The number of fused-ring (bicyclic) bond motifs is 1. The summed E-state index contributed by atoms with van der Waals surface area (Å²) < 4.78 is 5.12. The van der Waals surface area contributed by atoms with Crippen LogP contribution in [0.25, 0.3) is 11.0 Å². The Hall–Kier alpha value is -2.70. The van der Waals surface area contributed by atoms with Gasteiger partial charge in [0.05, 0.1) is 22.4 Å². The van der Waals surface area contributed by atoms with Crippen molar-refractivity contribution in [3.8, 4) is 0 Å². The number of hydrogen-bond donors (Lipinski definition) is 2. The molecular formula is C18H24N4O3. The van der Waals surface area contributed by atoms with E-state index in [9.17, 15) is 9.59 Å². The Labute approximate surface area is 147 Å². The maximum absolute atomic E-state index is 12.2. The second kappa shape index (κ2) is 7.46. The molecule has 0 saturated heterocycles. The molecule has 0 aliphatic heterocycles. The van der Waals surface area contributed by atoms with E-state index in [1.807, 2.05) is 13.8 Å². The van der Waals surface area contributed by atoms with Crippen LogP contribution in [0.1, 0.15) is 42.5 Å². The third kappa shape index (κ3) is 5.41. The molecule has 134 valence electrons. The molecule has 1 heterocycles. The lowest BCUT2D eigenvalue weighted by molar-refractivity contribution is 0.0526. The van der Waals surface area contributed by atoms with Crippen molar-refractivity contribution in [2.24, 2.45) is 0 Å². The fourth-order valence-corrected chi connectivity index (χ4v) is 2.13. The first-order valence-electron chi connectivity index (χ1n) is 8.16. The van der Waals surface area contributed by atoms with Crippen molar-refractivity contribution in [1.82, 2.24) is 20.6 Å². The molecule has 2 rings (SSSR count). The number of rotatable bonds is 4. The number of aromatic nitrogens is 2. The lowest BCUT2D eigenvalue weighted by atomic mass is 10.1. The molecule has 0 atom stereocenters. The van der Waals surface area contributed by atoms with Gasteiger partial charge in [-0.2, -0.15) is 0 Å². The van der Waals surface area contributed by atoms with Crippen LogP contribution in [0.15, 0.2) is 18.2 Å². The van der Waals surface area contributed by atoms with E-state index >= 15 is 0 Å². The monoisotopic (exact) mass is 344 g/mol. The van der Waals surface area contributed by atoms with Gasteiger partial charge in [-0.1, -0.05) is 0 Å². The molecule has 2 amide bonds. The van der Waals surface area contributed by atoms with Gasteiger partial charge in [-0.15, -0.1) is 0 Å². The Morgan fingerprint density at radius 2 is 1.60 bits per heavy atom. The minimum Gasteiger partial charge on any atom is -0.444 e. The fraction of sp³-hybridized carbons (Fsp3) is 0.444. The average Bonchev–Trinajstić information content (AvgIpc) is 2.50. The molecule has 0 aliphatic rings. The van der Waals surface area contributed by atoms with Crippen LogP contribution in [0, 0.1) is 13.8 Å². The van der Waals surface area contributed by atoms with Crippen LogP contribution in [-0.4, -0.2) is 40.7 Å². The van der Waals surface area contributed by atoms with Crippen molar-refractivity contribution in [1.29, 1.82) is 0 Å². The summed E-state index contributed by atoms with van der Waals surface area (Å²) in [6.07, 6.45) is -0.506. The van der Waals surface area contributed by atoms with Crippen molar-refractivity contribution in [2.45, 2.75) is 40.2 Å². The number of nitrogens with zero attached hydrogens (tertiary/aromatic N) is 2. The number of alkyl carbamates (subject to hydrolysis) is 1. The smallest absolute Gasteiger partial charge is 0.407 e. The zero-order valence-corrected chi connectivity index (χ0v) is 15.3. The zero-order chi connectivity index (χ0) is 18.6. The first-order valence-corrected chi connectivity index (χ1v) is 8.16. The van der Waals surface area contributed by atoms with Crippen LogP contribution in [0.5, 0.6) is 0 Å². The van der Waals surface area contributed by atoms with Gasteiger partial charge >= 0.3 is 6.09 Å². The van der Waals surface area contributed by atoms with E-state index in [-0.39, 0.29) is 12.5 Å². The van der Waals surface area contributed by atoms with Crippen LogP contribution in [0.4, 0.5) is 4.79 Å². The van der Waals surface area contributed by atoms with Crippen molar-refractivity contribution in [3.05, 3.63) is 35.2 Å². The van der Waals surface area contributed by atoms with Gasteiger partial charge in [0.1, 0.15) is 5.60 Å². The predicted molar refractivity (Wildman–Crippen MR) is 95.6 cm³/mol. The summed E-state index contributed by atoms with van der Waals surface area (Å²) in [5.74, 6) is -0.229. The van der Waals surface area contributed by atoms with E-state index in [4.69, 9.17) is 4.74 Å². The molecule has 2 N–H and O–H groups in total. The highest BCUT2D eigenvalue weighted by atomic mass is 16.6. The van der Waals surface area contributed by atoms with Gasteiger partial charge in [-0.25, -0.2) is 14.8 Å². The quantitative estimate of drug-likeness (QED) is 0.831. The van der Waals surface area contributed by atoms with Crippen LogP contribution in [0.2, 0.25) is 0 Å². The summed E-state index contributed by atoms with van der Waals surface area (Å²) in [7, 11) is 0. The van der Waals surface area contributed by atoms with E-state index in [0.717, 1.165) is 16.9 Å². The molecule has 2 aromatic rings. The van der Waals surface area contributed by atoms with Crippen LogP contribution in [0.3, 0.4) is 0 Å². The van der Waals surface area contributed by atoms with Crippen LogP contribution in [-0.2, 0) is 4.74 Å². The molecule has 0 fully saturated rings. The van der Waals surface area contributed by atoms with Gasteiger partial charge < -0.3 is 15.4 Å². The molecule has 7 nitrogen and oxygen atoms in total. The fourth-order valence-electron chi connectivity index (χ4n) is 2.13. The van der Waals surface area contributed by atoms with E-state index in [0.29, 0.717) is 17.6 Å². The van der Waals surface area contributed by atoms with Gasteiger partial charge in [0, 0.05) is 18.7 Å². The molecular weight excluding hydrogens is 320 g/mol. The third-order valence-electron chi connectivity index (χ3n) is 3.42. The number of amides is 2. The number of carbonyl (C=O) groups excluding carboxylic acids is 2. The third-order valence-corrected chi connectivity index (χ3v) is 3.42. The highest BCUT2D eigenvalue weighted by Gasteiger charge is 2.15. The van der Waals surface area contributed by atoms with Crippen molar-refractivity contribution >= 4 is 23.0 Å². The Morgan fingerprint density at radius 3 is 2.24 bits per heavy atom. The average molecular weight is 344 g/mol. The standard InChI is InChI=1S/C18H24N4O3/c1-11-12(2)22-15-10-13(6-7-14(15)21-11)16(23)19-8-9-20-17(24)25-18(3,4)5/h6-7,10H,8-9H2,1-5H3,(H,19,23)(H,20,24). The topological polar surface area (TPSA) is 93.2 Å². The number of nitrogens with one attached hydrogen (secondary N) is 2. The van der Waals surface area contributed by atoms with Gasteiger partial charge in [-0.05, 0) is 52.8 Å². The predicted octanol–water partition coefficient (Wildman–Crippen LogP) is 2.50. The van der Waals surface area contributed by atoms with E-state index in [1.54, 1.807) is 39.0 Å². The number of benzene rings is 1. The SMILES string of the molecule is Cc1nc2ccc(C(=O)NCCNC(=O)OC(C)(C)C)cc2nc1C. The number of hydrogen-bond acceptors (Lipinski definition) is 5. The lowest BCUT2D eigenvalue weighted by Gasteiger charge is -2.19. The van der Waals surface area contributed by atoms with E-state index < -0.39 is 11.7 Å². The van der Waals surface area contributed by atoms with Gasteiger partial charge in [0.2, 0.25) is 0 Å². The summed E-state index contributed by atoms with van der Waals surface area (Å²) in [6.45, 7) is 9.75. The maximum Gasteiger partial charge on any atom is 0.407 e. The molecule has 0 unspecified atom stereocenters. The summed E-state index contributed by atoms with van der Waals surface area (Å²) in [5, 5.41) is 5.34. The summed E-state index contributed by atoms with van der Waals surface area (Å²) in [4.78, 5) is 32.6. The summed E-state index contributed by atoms with van der Waals surface area (Å²) in [5.41, 5.74) is 3.11. The van der Waals surface area contributed by atoms with Crippen molar-refractivity contribution < 1.29 is 14.3 Å². The second-order valence-electron chi connectivity index (χ2n) is 6.78. The molecule has 0 bridgehead atoms. The Kier molecular flexibility index (Phi) is 5.56. The van der Waals surface area contributed by atoms with E-state index in [2.05, 4.69) is 20.6 Å². The van der Waals surface area contributed by atoms with Crippen LogP contribution >= 0.6 is 0 Å². The molecule has 0 aliphatic carbocycles. The Bertz CT molecular complexity index is 797. The van der Waals surface area contributed by atoms with E-state index in [1.165, 1.54) is 0 Å². The molecule has 0 saturated carbocycles. The van der Waals surface area contributed by atoms with Crippen molar-refractivity contribution in [2.75, 3.05) is 13.1 Å². The number of aryl methyl sites for hydroxylation is 2. The lowest BCUT2D eigenvalue weighted by Crippen LogP contribution is -2.37. The first kappa shape index (κ1) is 18.6. The Morgan fingerprint density at radius 1 is 1.00 bits per heavy atom. The number of ether oxygens (including phenoxy) is 1. The second-order valence-corrected chi connectivity index (χ2v) is 6.78. The van der Waals surface area contributed by atoms with Gasteiger partial charge in [-0.3, -0.25) is 4.79 Å². The maximum atomic E-state index is 12.2. The van der Waals surface area contributed by atoms with Gasteiger partial charge in [0.25, 0.3) is 5.91 Å². The van der Waals surface area contributed by atoms with Crippen molar-refractivity contribution in [3.63, 3.8) is 0 Å². The molecule has 1 aromatic carbocycles. The molecule has 1 aromatic heterocycles. The highest BCUT2D eigenvalue weighted by Crippen LogP contribution is 2.14. The Balaban J connectivity index is 1.90. The minimum atomic E-state index is -0.546. The van der Waals surface area contributed by atoms with Gasteiger partial charge in [0.15, 0.2) is 0 Å². The summed E-state index contributed by atoms with van der Waals surface area (Å²) in [6, 6.07) is 5.20. The molecule has 7 heteroatoms. The normalized spacial score (nSPS) is 11.2.